The van der Waals surface area contributed by atoms with Crippen LogP contribution in [0.4, 0.5) is 5.69 Å². The number of rotatable bonds is 3. The number of benzene rings is 1. The third kappa shape index (κ3) is 2.45. The van der Waals surface area contributed by atoms with Gasteiger partial charge in [0.25, 0.3) is 0 Å². The topological polar surface area (TPSA) is 63.4 Å². The molecule has 100 valence electrons. The zero-order chi connectivity index (χ0) is 13.1. The smallest absolute Gasteiger partial charge is 0.163 e. The van der Waals surface area contributed by atoms with Crippen molar-refractivity contribution in [2.75, 3.05) is 31.2 Å². The first-order valence-electron chi connectivity index (χ1n) is 6.31. The molecule has 3 rings (SSSR count). The van der Waals surface area contributed by atoms with E-state index in [0.717, 1.165) is 32.0 Å². The van der Waals surface area contributed by atoms with Gasteiger partial charge in [0, 0.05) is 24.5 Å². The molecule has 1 aromatic heterocycles. The zero-order valence-corrected chi connectivity index (χ0v) is 10.6. The number of hydrogen-bond acceptors (Lipinski definition) is 5. The van der Waals surface area contributed by atoms with Crippen LogP contribution >= 0.6 is 0 Å². The van der Waals surface area contributed by atoms with Crippen molar-refractivity contribution >= 4 is 5.69 Å². The van der Waals surface area contributed by atoms with Crippen molar-refractivity contribution in [1.82, 2.24) is 14.8 Å². The summed E-state index contributed by atoms with van der Waals surface area (Å²) in [6.07, 6.45) is 1.61. The second-order valence-electron chi connectivity index (χ2n) is 4.39. The average Bonchev–Trinajstić information content (AvgIpc) is 2.97. The molecular formula is C13H16N4O2. The Bertz CT molecular complexity index is 532. The van der Waals surface area contributed by atoms with E-state index in [9.17, 15) is 5.11 Å². The maximum Gasteiger partial charge on any atom is 0.163 e. The van der Waals surface area contributed by atoms with Crippen LogP contribution in [0.15, 0.2) is 30.6 Å². The number of aliphatic hydroxyl groups excluding tert-OH is 1. The van der Waals surface area contributed by atoms with Crippen molar-refractivity contribution in [2.24, 2.45) is 0 Å². The molecule has 2 aromatic rings. The van der Waals surface area contributed by atoms with Crippen molar-refractivity contribution in [3.63, 3.8) is 0 Å². The summed E-state index contributed by atoms with van der Waals surface area (Å²) < 4.78 is 7.12. The van der Waals surface area contributed by atoms with E-state index < -0.39 is 0 Å². The fourth-order valence-corrected chi connectivity index (χ4v) is 2.23. The van der Waals surface area contributed by atoms with Gasteiger partial charge < -0.3 is 14.7 Å². The van der Waals surface area contributed by atoms with Gasteiger partial charge in [0.1, 0.15) is 12.9 Å². The van der Waals surface area contributed by atoms with Gasteiger partial charge >= 0.3 is 0 Å². The zero-order valence-electron chi connectivity index (χ0n) is 10.6. The highest BCUT2D eigenvalue weighted by Gasteiger charge is 2.11. The summed E-state index contributed by atoms with van der Waals surface area (Å²) in [4.78, 5) is 2.30. The molecule has 19 heavy (non-hydrogen) atoms. The normalized spacial score (nSPS) is 15.7. The highest BCUT2D eigenvalue weighted by atomic mass is 16.5. The summed E-state index contributed by atoms with van der Waals surface area (Å²) >= 11 is 0. The molecule has 1 fully saturated rings. The largest absolute Gasteiger partial charge is 0.388 e. The number of nitrogens with zero attached hydrogens (tertiary/aromatic N) is 4. The van der Waals surface area contributed by atoms with Crippen molar-refractivity contribution in [3.05, 3.63) is 36.4 Å². The van der Waals surface area contributed by atoms with Crippen LogP contribution in [0.25, 0.3) is 5.69 Å². The number of aromatic nitrogens is 3. The Balaban J connectivity index is 1.82. The Morgan fingerprint density at radius 3 is 2.47 bits per heavy atom. The van der Waals surface area contributed by atoms with Crippen LogP contribution in [0.1, 0.15) is 5.82 Å². The predicted molar refractivity (Wildman–Crippen MR) is 70.3 cm³/mol. The molecule has 0 bridgehead atoms. The van der Waals surface area contributed by atoms with Gasteiger partial charge in [-0.3, -0.25) is 4.57 Å². The minimum Gasteiger partial charge on any atom is -0.388 e. The van der Waals surface area contributed by atoms with Gasteiger partial charge in [0.15, 0.2) is 5.82 Å². The Hall–Kier alpha value is -1.92. The van der Waals surface area contributed by atoms with Crippen LogP contribution < -0.4 is 4.90 Å². The lowest BCUT2D eigenvalue weighted by Gasteiger charge is -2.28. The Morgan fingerprint density at radius 1 is 1.11 bits per heavy atom. The average molecular weight is 260 g/mol. The van der Waals surface area contributed by atoms with Crippen LogP contribution in [-0.2, 0) is 11.3 Å². The van der Waals surface area contributed by atoms with E-state index >= 15 is 0 Å². The van der Waals surface area contributed by atoms with Gasteiger partial charge in [-0.15, -0.1) is 10.2 Å². The quantitative estimate of drug-likeness (QED) is 0.875. The van der Waals surface area contributed by atoms with Crippen molar-refractivity contribution < 1.29 is 9.84 Å². The van der Waals surface area contributed by atoms with E-state index in [1.165, 1.54) is 5.69 Å². The van der Waals surface area contributed by atoms with E-state index in [-0.39, 0.29) is 6.61 Å². The van der Waals surface area contributed by atoms with E-state index in [4.69, 9.17) is 4.74 Å². The molecule has 0 unspecified atom stereocenters. The monoisotopic (exact) mass is 260 g/mol. The molecule has 0 atom stereocenters. The van der Waals surface area contributed by atoms with E-state index in [1.807, 2.05) is 12.1 Å². The van der Waals surface area contributed by atoms with Gasteiger partial charge in [-0.2, -0.15) is 0 Å². The summed E-state index contributed by atoms with van der Waals surface area (Å²) in [5.41, 5.74) is 2.14. The number of hydrogen-bond donors (Lipinski definition) is 1. The molecule has 1 N–H and O–H groups in total. The Kier molecular flexibility index (Phi) is 3.43. The third-order valence-electron chi connectivity index (χ3n) is 3.26. The highest BCUT2D eigenvalue weighted by molar-refractivity contribution is 5.51. The first-order valence-corrected chi connectivity index (χ1v) is 6.31. The van der Waals surface area contributed by atoms with Gasteiger partial charge in [0.05, 0.1) is 13.2 Å². The molecule has 6 heteroatoms. The third-order valence-corrected chi connectivity index (χ3v) is 3.26. The van der Waals surface area contributed by atoms with Gasteiger partial charge in [-0.1, -0.05) is 0 Å². The van der Waals surface area contributed by atoms with Crippen molar-refractivity contribution in [1.29, 1.82) is 0 Å². The molecule has 1 saturated heterocycles. The summed E-state index contributed by atoms with van der Waals surface area (Å²) in [6.45, 7) is 3.29. The number of morpholine rings is 1. The fraction of sp³-hybridized carbons (Fsp3) is 0.385. The summed E-state index contributed by atoms with van der Waals surface area (Å²) in [5.74, 6) is 0.541. The molecule has 0 radical (unpaired) electrons. The molecular weight excluding hydrogens is 244 g/mol. The number of anilines is 1. The molecule has 1 aromatic carbocycles. The minimum absolute atomic E-state index is 0.120. The second-order valence-corrected chi connectivity index (χ2v) is 4.39. The Labute approximate surface area is 111 Å². The molecule has 0 aliphatic carbocycles. The van der Waals surface area contributed by atoms with Gasteiger partial charge in [0.2, 0.25) is 0 Å². The van der Waals surface area contributed by atoms with E-state index in [0.29, 0.717) is 5.82 Å². The lowest BCUT2D eigenvalue weighted by atomic mass is 10.2. The highest BCUT2D eigenvalue weighted by Crippen LogP contribution is 2.19. The maximum atomic E-state index is 9.18. The molecule has 1 aliphatic heterocycles. The lowest BCUT2D eigenvalue weighted by Crippen LogP contribution is -2.36. The van der Waals surface area contributed by atoms with Crippen LogP contribution in [0, 0.1) is 0 Å². The molecule has 6 nitrogen and oxygen atoms in total. The van der Waals surface area contributed by atoms with Crippen molar-refractivity contribution in [2.45, 2.75) is 6.61 Å². The first kappa shape index (κ1) is 12.1. The van der Waals surface area contributed by atoms with E-state index in [2.05, 4.69) is 27.2 Å². The Morgan fingerprint density at radius 2 is 1.79 bits per heavy atom. The van der Waals surface area contributed by atoms with Crippen LogP contribution in [-0.4, -0.2) is 46.2 Å². The van der Waals surface area contributed by atoms with Crippen LogP contribution in [0.5, 0.6) is 0 Å². The maximum absolute atomic E-state index is 9.18. The first-order chi connectivity index (χ1) is 9.38. The second kappa shape index (κ2) is 5.38. The van der Waals surface area contributed by atoms with Gasteiger partial charge in [-0.25, -0.2) is 0 Å². The molecule has 2 heterocycles. The van der Waals surface area contributed by atoms with E-state index in [1.54, 1.807) is 10.9 Å². The fourth-order valence-electron chi connectivity index (χ4n) is 2.23. The standard InChI is InChI=1S/C13H16N4O2/c18-9-13-15-14-10-17(13)12-3-1-11(2-4-12)16-5-7-19-8-6-16/h1-4,10,18H,5-9H2. The van der Waals surface area contributed by atoms with Crippen molar-refractivity contribution in [3.8, 4) is 5.69 Å². The number of aliphatic hydroxyl groups is 1. The van der Waals surface area contributed by atoms with Crippen LogP contribution in [0.3, 0.4) is 0 Å². The SMILES string of the molecule is OCc1nncn1-c1ccc(N2CCOCC2)cc1. The summed E-state index contributed by atoms with van der Waals surface area (Å²) in [6, 6.07) is 8.16. The van der Waals surface area contributed by atoms with Crippen LogP contribution in [0.2, 0.25) is 0 Å². The molecule has 0 spiro atoms. The van der Waals surface area contributed by atoms with Gasteiger partial charge in [-0.05, 0) is 24.3 Å². The number of ether oxygens (including phenoxy) is 1. The molecule has 1 aliphatic rings. The summed E-state index contributed by atoms with van der Waals surface area (Å²) in [5, 5.41) is 16.8. The molecule has 0 saturated carbocycles. The minimum atomic E-state index is -0.120. The lowest BCUT2D eigenvalue weighted by molar-refractivity contribution is 0.122. The summed E-state index contributed by atoms with van der Waals surface area (Å²) in [7, 11) is 0. The molecule has 0 amide bonds. The predicted octanol–water partition coefficient (Wildman–Crippen LogP) is 0.596.